The summed E-state index contributed by atoms with van der Waals surface area (Å²) in [7, 11) is -3.69. The van der Waals surface area contributed by atoms with Crippen LogP contribution in [0.2, 0.25) is 0 Å². The fraction of sp³-hybridized carbons (Fsp3) is 0.400. The van der Waals surface area contributed by atoms with Crippen molar-refractivity contribution < 1.29 is 27.0 Å². The van der Waals surface area contributed by atoms with Crippen LogP contribution >= 0.6 is 0 Å². The fourth-order valence-corrected chi connectivity index (χ4v) is 2.34. The molecule has 0 amide bonds. The molecule has 0 unspecified atom stereocenters. The molecule has 0 aromatic heterocycles. The molecular formula is C10H13F2NO4S. The van der Waals surface area contributed by atoms with Crippen molar-refractivity contribution >= 4 is 15.7 Å². The third kappa shape index (κ3) is 4.84. The second kappa shape index (κ2) is 6.50. The van der Waals surface area contributed by atoms with Gasteiger partial charge in [-0.2, -0.15) is 8.78 Å². The summed E-state index contributed by atoms with van der Waals surface area (Å²) in [5, 5.41) is 8.55. The Morgan fingerprint density at radius 3 is 2.61 bits per heavy atom. The summed E-state index contributed by atoms with van der Waals surface area (Å²) in [5.74, 6) is -0.549. The maximum atomic E-state index is 12.1. The third-order valence-electron chi connectivity index (χ3n) is 1.94. The Hall–Kier alpha value is -1.41. The van der Waals surface area contributed by atoms with Gasteiger partial charge in [0.1, 0.15) is 5.75 Å². The van der Waals surface area contributed by atoms with Gasteiger partial charge in [-0.25, -0.2) is 8.42 Å². The number of benzene rings is 1. The van der Waals surface area contributed by atoms with E-state index in [2.05, 4.69) is 9.46 Å². The Morgan fingerprint density at radius 2 is 2.00 bits per heavy atom. The number of aliphatic hydroxyl groups is 1. The van der Waals surface area contributed by atoms with E-state index in [0.29, 0.717) is 0 Å². The van der Waals surface area contributed by atoms with Crippen molar-refractivity contribution in [2.45, 2.75) is 13.0 Å². The van der Waals surface area contributed by atoms with E-state index in [1.807, 2.05) is 0 Å². The molecule has 0 aliphatic carbocycles. The van der Waals surface area contributed by atoms with Crippen molar-refractivity contribution in [2.24, 2.45) is 0 Å². The normalized spacial score (nSPS) is 11.6. The maximum Gasteiger partial charge on any atom is 0.387 e. The molecule has 0 saturated heterocycles. The summed E-state index contributed by atoms with van der Waals surface area (Å²) >= 11 is 0. The first-order valence-corrected chi connectivity index (χ1v) is 6.75. The summed E-state index contributed by atoms with van der Waals surface area (Å²) in [6.45, 7) is -3.30. The summed E-state index contributed by atoms with van der Waals surface area (Å²) in [6, 6.07) is 5.48. The summed E-state index contributed by atoms with van der Waals surface area (Å²) in [4.78, 5) is 0. The number of alkyl halides is 2. The highest BCUT2D eigenvalue weighted by molar-refractivity contribution is 7.92. The van der Waals surface area contributed by atoms with Crippen LogP contribution in [0.1, 0.15) is 6.42 Å². The average Bonchev–Trinajstić information content (AvgIpc) is 2.28. The first-order chi connectivity index (χ1) is 8.44. The van der Waals surface area contributed by atoms with E-state index in [9.17, 15) is 17.2 Å². The van der Waals surface area contributed by atoms with Crippen LogP contribution in [-0.2, 0) is 10.0 Å². The van der Waals surface area contributed by atoms with E-state index in [1.165, 1.54) is 24.3 Å². The lowest BCUT2D eigenvalue weighted by Crippen LogP contribution is -2.18. The third-order valence-corrected chi connectivity index (χ3v) is 3.30. The van der Waals surface area contributed by atoms with E-state index in [1.54, 1.807) is 0 Å². The molecule has 2 N–H and O–H groups in total. The quantitative estimate of drug-likeness (QED) is 0.792. The Labute approximate surface area is 103 Å². The van der Waals surface area contributed by atoms with E-state index in [4.69, 9.17) is 5.11 Å². The van der Waals surface area contributed by atoms with Crippen LogP contribution in [0.4, 0.5) is 14.5 Å². The first-order valence-electron chi connectivity index (χ1n) is 5.10. The molecule has 1 aromatic rings. The van der Waals surface area contributed by atoms with Crippen molar-refractivity contribution in [3.8, 4) is 5.75 Å². The van der Waals surface area contributed by atoms with E-state index >= 15 is 0 Å². The monoisotopic (exact) mass is 281 g/mol. The molecule has 0 aliphatic rings. The number of aliphatic hydroxyl groups excluding tert-OH is 1. The summed E-state index contributed by atoms with van der Waals surface area (Å²) in [5.41, 5.74) is -0.0595. The number of hydrogen-bond acceptors (Lipinski definition) is 4. The van der Waals surface area contributed by atoms with Crippen molar-refractivity contribution in [1.82, 2.24) is 0 Å². The molecule has 1 rings (SSSR count). The highest BCUT2D eigenvalue weighted by Crippen LogP contribution is 2.26. The van der Waals surface area contributed by atoms with Crippen molar-refractivity contribution in [2.75, 3.05) is 17.1 Å². The second-order valence-corrected chi connectivity index (χ2v) is 5.21. The average molecular weight is 281 g/mol. The highest BCUT2D eigenvalue weighted by Gasteiger charge is 2.15. The van der Waals surface area contributed by atoms with Gasteiger partial charge >= 0.3 is 6.61 Å². The smallest absolute Gasteiger partial charge is 0.387 e. The number of ether oxygens (including phenoxy) is 1. The van der Waals surface area contributed by atoms with Crippen LogP contribution < -0.4 is 9.46 Å². The van der Waals surface area contributed by atoms with E-state index in [-0.39, 0.29) is 30.2 Å². The van der Waals surface area contributed by atoms with Gasteiger partial charge in [0.05, 0.1) is 11.4 Å². The van der Waals surface area contributed by atoms with Crippen LogP contribution in [0.15, 0.2) is 24.3 Å². The number of hydrogen-bond donors (Lipinski definition) is 2. The molecule has 102 valence electrons. The molecule has 0 atom stereocenters. The van der Waals surface area contributed by atoms with Gasteiger partial charge in [0.2, 0.25) is 10.0 Å². The van der Waals surface area contributed by atoms with Crippen molar-refractivity contribution in [1.29, 1.82) is 0 Å². The van der Waals surface area contributed by atoms with Crippen LogP contribution in [0, 0.1) is 0 Å². The van der Waals surface area contributed by atoms with Gasteiger partial charge in [-0.05, 0) is 18.6 Å². The number of anilines is 1. The first kappa shape index (κ1) is 14.7. The molecule has 0 fully saturated rings. The molecule has 0 radical (unpaired) electrons. The van der Waals surface area contributed by atoms with Gasteiger partial charge in [-0.1, -0.05) is 12.1 Å². The standard InChI is InChI=1S/C10H13F2NO4S/c11-10(12)17-9-5-2-1-4-8(9)13-18(15,16)7-3-6-14/h1-2,4-5,10,13-14H,3,6-7H2. The molecule has 0 saturated carbocycles. The van der Waals surface area contributed by atoms with Crippen LogP contribution in [-0.4, -0.2) is 32.5 Å². The zero-order valence-corrected chi connectivity index (χ0v) is 10.2. The Bertz CT molecular complexity index is 479. The summed E-state index contributed by atoms with van der Waals surface area (Å²) < 4.78 is 53.6. The van der Waals surface area contributed by atoms with Gasteiger partial charge in [0.15, 0.2) is 0 Å². The minimum absolute atomic E-state index is 0.0595. The van der Waals surface area contributed by atoms with Crippen LogP contribution in [0.3, 0.4) is 0 Å². The van der Waals surface area contributed by atoms with Crippen LogP contribution in [0.5, 0.6) is 5.75 Å². The topological polar surface area (TPSA) is 75.6 Å². The molecule has 0 heterocycles. The lowest BCUT2D eigenvalue weighted by molar-refractivity contribution is -0.0493. The predicted octanol–water partition coefficient (Wildman–Crippen LogP) is 1.41. The molecule has 18 heavy (non-hydrogen) atoms. The molecule has 5 nitrogen and oxygen atoms in total. The fourth-order valence-electron chi connectivity index (χ4n) is 1.22. The molecule has 0 spiro atoms. The number of nitrogens with one attached hydrogen (secondary N) is 1. The SMILES string of the molecule is O=S(=O)(CCCO)Nc1ccccc1OC(F)F. The van der Waals surface area contributed by atoms with Gasteiger partial charge in [0.25, 0.3) is 0 Å². The predicted molar refractivity (Wildman–Crippen MR) is 62.2 cm³/mol. The maximum absolute atomic E-state index is 12.1. The van der Waals surface area contributed by atoms with E-state index in [0.717, 1.165) is 0 Å². The van der Waals surface area contributed by atoms with Gasteiger partial charge in [-0.3, -0.25) is 4.72 Å². The molecule has 1 aromatic carbocycles. The zero-order valence-electron chi connectivity index (χ0n) is 9.34. The summed E-state index contributed by atoms with van der Waals surface area (Å²) in [6.07, 6.45) is 0.0627. The highest BCUT2D eigenvalue weighted by atomic mass is 32.2. The van der Waals surface area contributed by atoms with Crippen LogP contribution in [0.25, 0.3) is 0 Å². The van der Waals surface area contributed by atoms with Gasteiger partial charge in [0, 0.05) is 6.61 Å². The largest absolute Gasteiger partial charge is 0.433 e. The lowest BCUT2D eigenvalue weighted by Gasteiger charge is -2.12. The van der Waals surface area contributed by atoms with Crippen molar-refractivity contribution in [3.63, 3.8) is 0 Å². The number of sulfonamides is 1. The lowest BCUT2D eigenvalue weighted by atomic mass is 10.3. The molecular weight excluding hydrogens is 268 g/mol. The van der Waals surface area contributed by atoms with Gasteiger partial charge < -0.3 is 9.84 Å². The number of para-hydroxylation sites is 2. The van der Waals surface area contributed by atoms with Gasteiger partial charge in [-0.15, -0.1) is 0 Å². The second-order valence-electron chi connectivity index (χ2n) is 3.37. The number of rotatable bonds is 7. The molecule has 0 bridgehead atoms. The Balaban J connectivity index is 2.83. The molecule has 0 aliphatic heterocycles. The molecule has 8 heteroatoms. The minimum atomic E-state index is -3.69. The number of halogens is 2. The van der Waals surface area contributed by atoms with E-state index < -0.39 is 16.6 Å². The zero-order chi connectivity index (χ0) is 13.6. The Kier molecular flexibility index (Phi) is 5.29. The minimum Gasteiger partial charge on any atom is -0.433 e. The Morgan fingerprint density at radius 1 is 1.33 bits per heavy atom. The van der Waals surface area contributed by atoms with Crippen molar-refractivity contribution in [3.05, 3.63) is 24.3 Å².